The van der Waals surface area contributed by atoms with Crippen LogP contribution in [0.3, 0.4) is 0 Å². The second-order valence-corrected chi connectivity index (χ2v) is 4.05. The molecule has 1 aromatic heterocycles. The van der Waals surface area contributed by atoms with Crippen molar-refractivity contribution in [2.75, 3.05) is 13.2 Å². The number of hydrogen-bond acceptors (Lipinski definition) is 5. The van der Waals surface area contributed by atoms with Crippen molar-refractivity contribution in [3.8, 4) is 5.88 Å². The minimum atomic E-state index is 0.182. The van der Waals surface area contributed by atoms with Gasteiger partial charge < -0.3 is 9.47 Å². The molecule has 0 aromatic carbocycles. The SMILES string of the molecule is Clc1nsnc1OCC1CCCCO1. The molecule has 0 N–H and O–H groups in total. The minimum absolute atomic E-state index is 0.182. The van der Waals surface area contributed by atoms with Gasteiger partial charge in [0.2, 0.25) is 5.15 Å². The third kappa shape index (κ3) is 2.56. The number of nitrogens with zero attached hydrogens (tertiary/aromatic N) is 2. The summed E-state index contributed by atoms with van der Waals surface area (Å²) in [5, 5.41) is 0.339. The molecule has 14 heavy (non-hydrogen) atoms. The molecule has 1 aliphatic rings. The highest BCUT2D eigenvalue weighted by Crippen LogP contribution is 2.21. The lowest BCUT2D eigenvalue weighted by Crippen LogP contribution is -2.25. The molecule has 78 valence electrons. The summed E-state index contributed by atoms with van der Waals surface area (Å²) in [5.41, 5.74) is 0. The first-order valence-electron chi connectivity index (χ1n) is 4.59. The van der Waals surface area contributed by atoms with Crippen molar-refractivity contribution < 1.29 is 9.47 Å². The van der Waals surface area contributed by atoms with Crippen LogP contribution in [0.1, 0.15) is 19.3 Å². The summed E-state index contributed by atoms with van der Waals surface area (Å²) in [7, 11) is 0. The Bertz CT molecular complexity index is 289. The lowest BCUT2D eigenvalue weighted by molar-refractivity contribution is -0.0117. The highest BCUT2D eigenvalue weighted by molar-refractivity contribution is 6.99. The van der Waals surface area contributed by atoms with Crippen molar-refractivity contribution in [2.45, 2.75) is 25.4 Å². The molecule has 2 rings (SSSR count). The van der Waals surface area contributed by atoms with E-state index in [9.17, 15) is 0 Å². The van der Waals surface area contributed by atoms with Gasteiger partial charge in [-0.05, 0) is 19.3 Å². The Kier molecular flexibility index (Phi) is 3.55. The molecule has 0 amide bonds. The smallest absolute Gasteiger partial charge is 0.265 e. The molecule has 1 fully saturated rings. The lowest BCUT2D eigenvalue weighted by atomic mass is 10.1. The van der Waals surface area contributed by atoms with E-state index in [-0.39, 0.29) is 6.10 Å². The zero-order valence-corrected chi connectivity index (χ0v) is 9.18. The first-order valence-corrected chi connectivity index (χ1v) is 5.69. The highest BCUT2D eigenvalue weighted by Gasteiger charge is 2.16. The molecule has 0 bridgehead atoms. The summed E-state index contributed by atoms with van der Waals surface area (Å²) in [4.78, 5) is 0. The topological polar surface area (TPSA) is 44.2 Å². The summed E-state index contributed by atoms with van der Waals surface area (Å²) in [6.45, 7) is 1.35. The van der Waals surface area contributed by atoms with E-state index in [4.69, 9.17) is 21.1 Å². The van der Waals surface area contributed by atoms with Gasteiger partial charge >= 0.3 is 0 Å². The molecule has 1 unspecified atom stereocenters. The van der Waals surface area contributed by atoms with Gasteiger partial charge in [0.15, 0.2) is 0 Å². The summed E-state index contributed by atoms with van der Waals surface area (Å²) >= 11 is 6.78. The summed E-state index contributed by atoms with van der Waals surface area (Å²) in [6.07, 6.45) is 3.59. The number of rotatable bonds is 3. The van der Waals surface area contributed by atoms with Crippen LogP contribution in [-0.4, -0.2) is 28.1 Å². The van der Waals surface area contributed by atoms with Gasteiger partial charge in [0.25, 0.3) is 5.88 Å². The molecule has 0 radical (unpaired) electrons. The molecular formula is C8H11ClN2O2S. The molecule has 1 saturated heterocycles. The maximum atomic E-state index is 5.73. The summed E-state index contributed by atoms with van der Waals surface area (Å²) in [6, 6.07) is 0. The van der Waals surface area contributed by atoms with Crippen LogP contribution in [0.2, 0.25) is 5.15 Å². The molecule has 1 aromatic rings. The maximum Gasteiger partial charge on any atom is 0.265 e. The van der Waals surface area contributed by atoms with Gasteiger partial charge in [-0.3, -0.25) is 0 Å². The van der Waals surface area contributed by atoms with Gasteiger partial charge in [0.05, 0.1) is 17.8 Å². The van der Waals surface area contributed by atoms with Crippen LogP contribution in [0.5, 0.6) is 5.88 Å². The predicted molar refractivity (Wildman–Crippen MR) is 54.0 cm³/mol. The van der Waals surface area contributed by atoms with Gasteiger partial charge in [-0.25, -0.2) is 0 Å². The third-order valence-corrected chi connectivity index (χ3v) is 2.96. The molecule has 4 nitrogen and oxygen atoms in total. The molecule has 1 atom stereocenters. The molecule has 0 spiro atoms. The highest BCUT2D eigenvalue weighted by atomic mass is 35.5. The maximum absolute atomic E-state index is 5.73. The quantitative estimate of drug-likeness (QED) is 0.804. The summed E-state index contributed by atoms with van der Waals surface area (Å²) in [5.74, 6) is 0.422. The van der Waals surface area contributed by atoms with Gasteiger partial charge in [-0.15, -0.1) is 4.37 Å². The fourth-order valence-electron chi connectivity index (χ4n) is 1.37. The average molecular weight is 235 g/mol. The Labute approximate surface area is 91.5 Å². The van der Waals surface area contributed by atoms with E-state index in [2.05, 4.69) is 8.75 Å². The summed E-state index contributed by atoms with van der Waals surface area (Å²) < 4.78 is 18.6. The van der Waals surface area contributed by atoms with E-state index >= 15 is 0 Å². The molecular weight excluding hydrogens is 224 g/mol. The average Bonchev–Trinajstić information content (AvgIpc) is 2.63. The van der Waals surface area contributed by atoms with Crippen molar-refractivity contribution in [1.82, 2.24) is 8.75 Å². The van der Waals surface area contributed by atoms with E-state index in [1.165, 1.54) is 6.42 Å². The Morgan fingerprint density at radius 3 is 3.07 bits per heavy atom. The van der Waals surface area contributed by atoms with Gasteiger partial charge in [0, 0.05) is 6.61 Å². The Morgan fingerprint density at radius 2 is 2.43 bits per heavy atom. The van der Waals surface area contributed by atoms with Crippen LogP contribution in [0, 0.1) is 0 Å². The van der Waals surface area contributed by atoms with E-state index in [1.54, 1.807) is 0 Å². The van der Waals surface area contributed by atoms with Gasteiger partial charge in [-0.2, -0.15) is 4.37 Å². The van der Waals surface area contributed by atoms with Crippen molar-refractivity contribution >= 4 is 23.3 Å². The first-order chi connectivity index (χ1) is 6.86. The first kappa shape index (κ1) is 10.1. The Hall–Kier alpha value is -0.390. The van der Waals surface area contributed by atoms with Crippen molar-refractivity contribution in [3.63, 3.8) is 0 Å². The fourth-order valence-corrected chi connectivity index (χ4v) is 2.01. The Morgan fingerprint density at radius 1 is 1.50 bits per heavy atom. The van der Waals surface area contributed by atoms with Crippen LogP contribution in [0.15, 0.2) is 0 Å². The molecule has 0 aliphatic carbocycles. The van der Waals surface area contributed by atoms with E-state index in [0.29, 0.717) is 17.6 Å². The van der Waals surface area contributed by atoms with Crippen molar-refractivity contribution in [2.24, 2.45) is 0 Å². The predicted octanol–water partition coefficient (Wildman–Crippen LogP) is 2.14. The number of aromatic nitrogens is 2. The fraction of sp³-hybridized carbons (Fsp3) is 0.750. The van der Waals surface area contributed by atoms with E-state index in [1.807, 2.05) is 0 Å². The molecule has 2 heterocycles. The van der Waals surface area contributed by atoms with Crippen LogP contribution in [0.25, 0.3) is 0 Å². The minimum Gasteiger partial charge on any atom is -0.472 e. The second-order valence-electron chi connectivity index (χ2n) is 3.16. The normalized spacial score (nSPS) is 22.2. The lowest BCUT2D eigenvalue weighted by Gasteiger charge is -2.21. The zero-order chi connectivity index (χ0) is 9.80. The second kappa shape index (κ2) is 4.91. The van der Waals surface area contributed by atoms with Crippen LogP contribution < -0.4 is 4.74 Å². The van der Waals surface area contributed by atoms with Crippen LogP contribution in [0.4, 0.5) is 0 Å². The molecule has 0 saturated carbocycles. The molecule has 6 heteroatoms. The van der Waals surface area contributed by atoms with Crippen LogP contribution >= 0.6 is 23.3 Å². The monoisotopic (exact) mass is 234 g/mol. The van der Waals surface area contributed by atoms with Gasteiger partial charge in [0.1, 0.15) is 6.61 Å². The van der Waals surface area contributed by atoms with Crippen molar-refractivity contribution in [1.29, 1.82) is 0 Å². The van der Waals surface area contributed by atoms with E-state index in [0.717, 1.165) is 31.2 Å². The largest absolute Gasteiger partial charge is 0.472 e. The zero-order valence-electron chi connectivity index (χ0n) is 7.61. The number of halogens is 1. The molecule has 1 aliphatic heterocycles. The van der Waals surface area contributed by atoms with Crippen molar-refractivity contribution in [3.05, 3.63) is 5.15 Å². The standard InChI is InChI=1S/C8H11ClN2O2S/c9-7-8(11-14-10-7)13-5-6-3-1-2-4-12-6/h6H,1-5H2. The third-order valence-electron chi connectivity index (χ3n) is 2.10. The Balaban J connectivity index is 1.79. The van der Waals surface area contributed by atoms with E-state index < -0.39 is 0 Å². The number of ether oxygens (including phenoxy) is 2. The number of hydrogen-bond donors (Lipinski definition) is 0. The van der Waals surface area contributed by atoms with Gasteiger partial charge in [-0.1, -0.05) is 11.6 Å². The van der Waals surface area contributed by atoms with Crippen LogP contribution in [-0.2, 0) is 4.74 Å².